The Morgan fingerprint density at radius 1 is 1.12 bits per heavy atom. The molecule has 1 aromatic heterocycles. The molecule has 1 saturated heterocycles. The maximum Gasteiger partial charge on any atom is 0.222 e. The highest BCUT2D eigenvalue weighted by atomic mass is 16.3. The number of nitrogens with one attached hydrogen (secondary N) is 1. The third kappa shape index (κ3) is 4.31. The van der Waals surface area contributed by atoms with Crippen LogP contribution in [0.25, 0.3) is 5.76 Å². The molecule has 170 valence electrons. The van der Waals surface area contributed by atoms with E-state index in [0.29, 0.717) is 23.8 Å². The number of pyridine rings is 1. The average molecular weight is 446 g/mol. The molecule has 0 radical (unpaired) electrons. The second-order valence-electron chi connectivity index (χ2n) is 8.46. The molecule has 3 aliphatic rings. The van der Waals surface area contributed by atoms with Crippen molar-refractivity contribution < 1.29 is 9.90 Å². The van der Waals surface area contributed by atoms with Crippen LogP contribution in [0.5, 0.6) is 0 Å². The van der Waals surface area contributed by atoms with Gasteiger partial charge in [0.15, 0.2) is 0 Å². The van der Waals surface area contributed by atoms with Crippen LogP contribution in [-0.4, -0.2) is 83.8 Å². The van der Waals surface area contributed by atoms with Crippen LogP contribution in [-0.2, 0) is 4.79 Å². The maximum atomic E-state index is 11.2. The Kier molecular flexibility index (Phi) is 5.55. The Bertz CT molecular complexity index is 1160. The first-order chi connectivity index (χ1) is 16.0. The number of carbonyl (C=O) groups is 1. The Hall–Kier alpha value is -3.72. The number of likely N-dealkylation sites (N-methyl/N-ethyl adjacent to an activating group) is 1. The molecule has 2 N–H and O–H groups in total. The lowest BCUT2D eigenvalue weighted by Gasteiger charge is -2.34. The lowest BCUT2D eigenvalue weighted by Crippen LogP contribution is -2.44. The van der Waals surface area contributed by atoms with E-state index in [9.17, 15) is 9.90 Å². The fraction of sp³-hybridized carbons (Fsp3) is 0.333. The van der Waals surface area contributed by atoms with Gasteiger partial charge in [0.1, 0.15) is 23.2 Å². The molecular weight excluding hydrogens is 418 g/mol. The summed E-state index contributed by atoms with van der Waals surface area (Å²) in [6.07, 6.45) is 3.18. The van der Waals surface area contributed by atoms with Gasteiger partial charge in [0.2, 0.25) is 5.91 Å². The molecule has 0 saturated carbocycles. The van der Waals surface area contributed by atoms with Gasteiger partial charge in [0.25, 0.3) is 0 Å². The number of aromatic nitrogens is 1. The zero-order valence-corrected chi connectivity index (χ0v) is 18.8. The molecule has 0 bridgehead atoms. The van der Waals surface area contributed by atoms with Crippen LogP contribution < -0.4 is 10.2 Å². The Balaban J connectivity index is 1.45. The summed E-state index contributed by atoms with van der Waals surface area (Å²) in [5.41, 5.74) is 3.58. The largest absolute Gasteiger partial charge is 0.507 e. The molecule has 0 unspecified atom stereocenters. The molecule has 1 amide bonds. The average Bonchev–Trinajstić information content (AvgIpc) is 3.30. The number of amides is 1. The predicted molar refractivity (Wildman–Crippen MR) is 131 cm³/mol. The number of aliphatic imine (C=N–C) groups is 2. The lowest BCUT2D eigenvalue weighted by molar-refractivity contribution is -0.114. The fourth-order valence-electron chi connectivity index (χ4n) is 4.26. The molecule has 0 aliphatic carbocycles. The lowest BCUT2D eigenvalue weighted by atomic mass is 10.1. The van der Waals surface area contributed by atoms with Crippen molar-refractivity contribution in [1.29, 1.82) is 0 Å². The van der Waals surface area contributed by atoms with E-state index >= 15 is 0 Å². The van der Waals surface area contributed by atoms with Crippen LogP contribution in [0.4, 0.5) is 17.2 Å². The number of benzene rings is 1. The molecule has 3 aliphatic heterocycles. The van der Waals surface area contributed by atoms with Crippen LogP contribution in [0, 0.1) is 0 Å². The number of carbonyl (C=O) groups excluding carboxylic acids is 1. The molecule has 9 nitrogen and oxygen atoms in total. The van der Waals surface area contributed by atoms with E-state index < -0.39 is 0 Å². The van der Waals surface area contributed by atoms with E-state index in [4.69, 9.17) is 9.98 Å². The number of fused-ring (bicyclic) bond motifs is 3. The van der Waals surface area contributed by atoms with Gasteiger partial charge >= 0.3 is 0 Å². The number of piperazine rings is 1. The van der Waals surface area contributed by atoms with Gasteiger partial charge in [-0.3, -0.25) is 9.79 Å². The zero-order valence-electron chi connectivity index (χ0n) is 18.8. The molecule has 2 aromatic rings. The quantitative estimate of drug-likeness (QED) is 0.702. The van der Waals surface area contributed by atoms with Gasteiger partial charge in [0, 0.05) is 68.7 Å². The number of rotatable bonds is 4. The number of hydrogen-bond acceptors (Lipinski definition) is 8. The molecule has 9 heteroatoms. The summed E-state index contributed by atoms with van der Waals surface area (Å²) in [5.74, 6) is 1.84. The van der Waals surface area contributed by atoms with Gasteiger partial charge in [-0.2, -0.15) is 0 Å². The van der Waals surface area contributed by atoms with E-state index in [2.05, 4.69) is 45.3 Å². The van der Waals surface area contributed by atoms with Gasteiger partial charge in [-0.25, -0.2) is 9.98 Å². The van der Waals surface area contributed by atoms with Crippen molar-refractivity contribution in [3.8, 4) is 0 Å². The maximum absolute atomic E-state index is 11.2. The minimum absolute atomic E-state index is 0.0561. The summed E-state index contributed by atoms with van der Waals surface area (Å²) in [7, 11) is 2.15. The first-order valence-corrected chi connectivity index (χ1v) is 11.1. The van der Waals surface area contributed by atoms with Gasteiger partial charge in [0.05, 0.1) is 12.2 Å². The molecular formula is C24H27N7O2. The van der Waals surface area contributed by atoms with Gasteiger partial charge < -0.3 is 25.1 Å². The Labute approximate surface area is 192 Å². The summed E-state index contributed by atoms with van der Waals surface area (Å²) >= 11 is 0. The minimum Gasteiger partial charge on any atom is -0.507 e. The summed E-state index contributed by atoms with van der Waals surface area (Å²) in [4.78, 5) is 31.7. The van der Waals surface area contributed by atoms with Gasteiger partial charge in [-0.15, -0.1) is 0 Å². The highest BCUT2D eigenvalue weighted by molar-refractivity contribution is 6.20. The number of aliphatic hydroxyl groups is 1. The third-order valence-electron chi connectivity index (χ3n) is 6.07. The second-order valence-corrected chi connectivity index (χ2v) is 8.46. The predicted octanol–water partition coefficient (Wildman–Crippen LogP) is 2.50. The molecule has 5 rings (SSSR count). The molecule has 33 heavy (non-hydrogen) atoms. The van der Waals surface area contributed by atoms with Crippen molar-refractivity contribution in [3.05, 3.63) is 53.7 Å². The normalized spacial score (nSPS) is 18.4. The van der Waals surface area contributed by atoms with Crippen LogP contribution in [0.2, 0.25) is 0 Å². The fourth-order valence-corrected chi connectivity index (χ4v) is 4.26. The smallest absolute Gasteiger partial charge is 0.222 e. The van der Waals surface area contributed by atoms with Crippen molar-refractivity contribution in [2.45, 2.75) is 6.92 Å². The van der Waals surface area contributed by atoms with E-state index in [0.717, 1.165) is 55.5 Å². The van der Waals surface area contributed by atoms with Crippen LogP contribution in [0.1, 0.15) is 18.1 Å². The monoisotopic (exact) mass is 445 g/mol. The Morgan fingerprint density at radius 2 is 1.94 bits per heavy atom. The minimum atomic E-state index is -0.193. The number of hydrogen-bond donors (Lipinski definition) is 2. The highest BCUT2D eigenvalue weighted by Gasteiger charge is 2.29. The number of aliphatic hydroxyl groups excluding tert-OH is 1. The molecule has 4 heterocycles. The summed E-state index contributed by atoms with van der Waals surface area (Å²) in [6.45, 7) is 6.89. The van der Waals surface area contributed by atoms with Gasteiger partial charge in [-0.1, -0.05) is 0 Å². The van der Waals surface area contributed by atoms with Crippen molar-refractivity contribution >= 4 is 40.5 Å². The molecule has 1 aromatic carbocycles. The van der Waals surface area contributed by atoms with E-state index in [1.807, 2.05) is 4.90 Å². The third-order valence-corrected chi connectivity index (χ3v) is 6.07. The topological polar surface area (TPSA) is 96.7 Å². The van der Waals surface area contributed by atoms with Crippen LogP contribution in [0.3, 0.4) is 0 Å². The summed E-state index contributed by atoms with van der Waals surface area (Å²) < 4.78 is 0. The summed E-state index contributed by atoms with van der Waals surface area (Å²) in [5, 5.41) is 13.4. The van der Waals surface area contributed by atoms with E-state index in [1.54, 1.807) is 18.2 Å². The first kappa shape index (κ1) is 21.1. The number of nitrogens with zero attached hydrogens (tertiary/aromatic N) is 6. The van der Waals surface area contributed by atoms with Crippen LogP contribution in [0.15, 0.2) is 52.6 Å². The van der Waals surface area contributed by atoms with Crippen molar-refractivity contribution in [3.63, 3.8) is 0 Å². The molecule has 0 atom stereocenters. The van der Waals surface area contributed by atoms with E-state index in [-0.39, 0.29) is 11.7 Å². The SMILES string of the molecule is CC(=O)Nc1ccc(/C(O)=C/C2=Nc3cc(N4CCN(C)CC4)ccc3C3=NCCN23)cn1. The van der Waals surface area contributed by atoms with E-state index in [1.165, 1.54) is 13.1 Å². The number of anilines is 2. The second kappa shape index (κ2) is 8.67. The molecule has 0 spiro atoms. The van der Waals surface area contributed by atoms with Crippen molar-refractivity contribution in [1.82, 2.24) is 14.8 Å². The standard InChI is InChI=1S/C24H27N7O2/c1-16(32)27-22-6-3-17(15-26-22)21(33)14-23-28-20-13-18(30-11-9-29(2)10-12-30)4-5-19(20)24-25-7-8-31(23)24/h3-6,13-15,33H,7-12H2,1-2H3,(H,26,27,32)/b21-14-. The van der Waals surface area contributed by atoms with Gasteiger partial charge in [-0.05, 0) is 37.4 Å². The van der Waals surface area contributed by atoms with Crippen LogP contribution >= 0.6 is 0 Å². The highest BCUT2D eigenvalue weighted by Crippen LogP contribution is 2.33. The summed E-state index contributed by atoms with van der Waals surface area (Å²) in [6, 6.07) is 9.75. The molecule has 1 fully saturated rings. The number of amidine groups is 2. The Morgan fingerprint density at radius 3 is 2.67 bits per heavy atom. The van der Waals surface area contributed by atoms with Crippen molar-refractivity contribution in [2.24, 2.45) is 9.98 Å². The first-order valence-electron chi connectivity index (χ1n) is 11.1. The zero-order chi connectivity index (χ0) is 22.9. The van der Waals surface area contributed by atoms with Crippen molar-refractivity contribution in [2.75, 3.05) is 56.5 Å².